The van der Waals surface area contributed by atoms with Gasteiger partial charge >= 0.3 is 0 Å². The Morgan fingerprint density at radius 2 is 1.67 bits per heavy atom. The average Bonchev–Trinajstić information content (AvgIpc) is 3.20. The number of carbonyl (C=O) groups excluding carboxylic acids is 1. The maximum Gasteiger partial charge on any atom is 0.241 e. The zero-order valence-electron chi connectivity index (χ0n) is 17.3. The summed E-state index contributed by atoms with van der Waals surface area (Å²) in [4.78, 5) is 12.8. The van der Waals surface area contributed by atoms with E-state index in [0.717, 1.165) is 11.1 Å². The van der Waals surface area contributed by atoms with Crippen LogP contribution in [-0.2, 0) is 14.8 Å². The summed E-state index contributed by atoms with van der Waals surface area (Å²) in [6, 6.07) is 16.3. The van der Waals surface area contributed by atoms with Gasteiger partial charge in [-0.1, -0.05) is 48.0 Å². The number of aryl methyl sites for hydroxylation is 3. The maximum atomic E-state index is 12.7. The third-order valence-electron chi connectivity index (χ3n) is 4.78. The minimum absolute atomic E-state index is 0.000583. The van der Waals surface area contributed by atoms with Gasteiger partial charge in [0.2, 0.25) is 15.9 Å². The molecule has 3 rings (SSSR count). The Morgan fingerprint density at radius 1 is 1.00 bits per heavy atom. The first-order valence-corrected chi connectivity index (χ1v) is 11.2. The predicted molar refractivity (Wildman–Crippen MR) is 116 cm³/mol. The largest absolute Gasteiger partial charge is 0.467 e. The zero-order chi connectivity index (χ0) is 21.7. The first-order chi connectivity index (χ1) is 14.3. The molecule has 0 aliphatic heterocycles. The number of nitrogens with one attached hydrogen (secondary N) is 2. The number of sulfonamides is 1. The van der Waals surface area contributed by atoms with Crippen LogP contribution in [0.5, 0.6) is 0 Å². The van der Waals surface area contributed by atoms with Gasteiger partial charge in [-0.15, -0.1) is 0 Å². The molecule has 0 aliphatic rings. The number of hydrogen-bond acceptors (Lipinski definition) is 4. The van der Waals surface area contributed by atoms with E-state index in [0.29, 0.717) is 16.9 Å². The summed E-state index contributed by atoms with van der Waals surface area (Å²) in [5.41, 5.74) is 3.26. The van der Waals surface area contributed by atoms with Gasteiger partial charge in [0, 0.05) is 13.0 Å². The van der Waals surface area contributed by atoms with Crippen LogP contribution in [0, 0.1) is 20.8 Å². The fraction of sp³-hybridized carbons (Fsp3) is 0.261. The standard InChI is InChI=1S/C23H26N2O4S/c1-16-14-17(2)23(18(3)15-16)30(27,28)24-12-11-21(26)25-22(20-10-7-13-29-20)19-8-5-4-6-9-19/h4-10,13-15,22,24H,11-12H2,1-3H3,(H,25,26). The van der Waals surface area contributed by atoms with Crippen LogP contribution in [0.3, 0.4) is 0 Å². The smallest absolute Gasteiger partial charge is 0.241 e. The molecule has 0 bridgehead atoms. The fourth-order valence-electron chi connectivity index (χ4n) is 3.61. The lowest BCUT2D eigenvalue weighted by molar-refractivity contribution is -0.121. The molecule has 158 valence electrons. The van der Waals surface area contributed by atoms with Crippen molar-refractivity contribution in [2.75, 3.05) is 6.54 Å². The van der Waals surface area contributed by atoms with Crippen LogP contribution in [0.1, 0.15) is 40.5 Å². The molecule has 0 spiro atoms. The van der Waals surface area contributed by atoms with Crippen molar-refractivity contribution in [2.45, 2.75) is 38.1 Å². The summed E-state index contributed by atoms with van der Waals surface area (Å²) in [7, 11) is -3.71. The topological polar surface area (TPSA) is 88.4 Å². The Labute approximate surface area is 177 Å². The number of hydrogen-bond donors (Lipinski definition) is 2. The molecular weight excluding hydrogens is 400 g/mol. The summed E-state index contributed by atoms with van der Waals surface area (Å²) < 4.78 is 33.5. The van der Waals surface area contributed by atoms with Crippen molar-refractivity contribution in [3.63, 3.8) is 0 Å². The second-order valence-corrected chi connectivity index (χ2v) is 9.01. The van der Waals surface area contributed by atoms with E-state index in [9.17, 15) is 13.2 Å². The molecule has 0 radical (unpaired) electrons. The number of benzene rings is 2. The van der Waals surface area contributed by atoms with Crippen LogP contribution >= 0.6 is 0 Å². The number of furan rings is 1. The first kappa shape index (κ1) is 21.8. The highest BCUT2D eigenvalue weighted by atomic mass is 32.2. The van der Waals surface area contributed by atoms with Crippen molar-refractivity contribution in [3.8, 4) is 0 Å². The van der Waals surface area contributed by atoms with Gasteiger partial charge in [-0.3, -0.25) is 4.79 Å². The predicted octanol–water partition coefficient (Wildman–Crippen LogP) is 3.78. The van der Waals surface area contributed by atoms with Gasteiger partial charge < -0.3 is 9.73 Å². The normalized spacial score (nSPS) is 12.5. The summed E-state index contributed by atoms with van der Waals surface area (Å²) in [6.07, 6.45) is 1.56. The monoisotopic (exact) mass is 426 g/mol. The highest BCUT2D eigenvalue weighted by molar-refractivity contribution is 7.89. The lowest BCUT2D eigenvalue weighted by atomic mass is 10.0. The maximum absolute atomic E-state index is 12.7. The Balaban J connectivity index is 1.65. The Hall–Kier alpha value is -2.90. The molecule has 2 aromatic carbocycles. The summed E-state index contributed by atoms with van der Waals surface area (Å²) >= 11 is 0. The van der Waals surface area contributed by atoms with Crippen LogP contribution in [0.15, 0.2) is 70.2 Å². The average molecular weight is 427 g/mol. The van der Waals surface area contributed by atoms with Gasteiger partial charge in [0.15, 0.2) is 0 Å². The van der Waals surface area contributed by atoms with E-state index in [1.807, 2.05) is 49.4 Å². The molecule has 6 nitrogen and oxygen atoms in total. The van der Waals surface area contributed by atoms with Gasteiger partial charge in [0.1, 0.15) is 11.8 Å². The number of amides is 1. The van der Waals surface area contributed by atoms with Crippen molar-refractivity contribution >= 4 is 15.9 Å². The van der Waals surface area contributed by atoms with E-state index in [1.165, 1.54) is 0 Å². The Morgan fingerprint density at radius 3 is 2.27 bits per heavy atom. The van der Waals surface area contributed by atoms with E-state index in [-0.39, 0.29) is 23.8 Å². The molecular formula is C23H26N2O4S. The van der Waals surface area contributed by atoms with E-state index < -0.39 is 16.1 Å². The molecule has 0 fully saturated rings. The van der Waals surface area contributed by atoms with E-state index in [1.54, 1.807) is 32.2 Å². The number of rotatable bonds is 8. The summed E-state index contributed by atoms with van der Waals surface area (Å²) in [6.45, 7) is 5.47. The lowest BCUT2D eigenvalue weighted by Crippen LogP contribution is -2.33. The van der Waals surface area contributed by atoms with Crippen molar-refractivity contribution in [2.24, 2.45) is 0 Å². The minimum atomic E-state index is -3.71. The minimum Gasteiger partial charge on any atom is -0.467 e. The SMILES string of the molecule is Cc1cc(C)c(S(=O)(=O)NCCC(=O)NC(c2ccccc2)c2ccco2)c(C)c1. The molecule has 30 heavy (non-hydrogen) atoms. The van der Waals surface area contributed by atoms with E-state index in [4.69, 9.17) is 4.42 Å². The van der Waals surface area contributed by atoms with E-state index in [2.05, 4.69) is 10.0 Å². The van der Waals surface area contributed by atoms with Gasteiger partial charge in [0.25, 0.3) is 0 Å². The molecule has 3 aromatic rings. The van der Waals surface area contributed by atoms with Gasteiger partial charge in [-0.05, 0) is 49.6 Å². The summed E-state index contributed by atoms with van der Waals surface area (Å²) in [5.74, 6) is 0.335. The summed E-state index contributed by atoms with van der Waals surface area (Å²) in [5, 5.41) is 2.92. The van der Waals surface area contributed by atoms with Crippen molar-refractivity contribution in [1.29, 1.82) is 0 Å². The quantitative estimate of drug-likeness (QED) is 0.574. The zero-order valence-corrected chi connectivity index (χ0v) is 18.1. The number of carbonyl (C=O) groups is 1. The molecule has 1 aromatic heterocycles. The van der Waals surface area contributed by atoms with E-state index >= 15 is 0 Å². The van der Waals surface area contributed by atoms with Crippen LogP contribution in [0.2, 0.25) is 0 Å². The van der Waals surface area contributed by atoms with Crippen molar-refractivity contribution in [1.82, 2.24) is 10.0 Å². The lowest BCUT2D eigenvalue weighted by Gasteiger charge is -2.17. The Kier molecular flexibility index (Phi) is 6.74. The van der Waals surface area contributed by atoms with Crippen LogP contribution < -0.4 is 10.0 Å². The van der Waals surface area contributed by atoms with Crippen molar-refractivity contribution in [3.05, 3.63) is 88.9 Å². The second-order valence-electron chi connectivity index (χ2n) is 7.30. The van der Waals surface area contributed by atoms with Gasteiger partial charge in [-0.25, -0.2) is 13.1 Å². The van der Waals surface area contributed by atoms with Crippen LogP contribution in [-0.4, -0.2) is 20.9 Å². The highest BCUT2D eigenvalue weighted by Crippen LogP contribution is 2.23. The Bertz CT molecular complexity index is 1080. The highest BCUT2D eigenvalue weighted by Gasteiger charge is 2.22. The molecule has 0 saturated carbocycles. The third kappa shape index (κ3) is 5.17. The van der Waals surface area contributed by atoms with Gasteiger partial charge in [0.05, 0.1) is 11.2 Å². The molecule has 2 N–H and O–H groups in total. The van der Waals surface area contributed by atoms with Crippen LogP contribution in [0.25, 0.3) is 0 Å². The third-order valence-corrected chi connectivity index (χ3v) is 6.55. The molecule has 7 heteroatoms. The fourth-order valence-corrected chi connectivity index (χ4v) is 5.10. The molecule has 1 heterocycles. The first-order valence-electron chi connectivity index (χ1n) is 9.73. The molecule has 1 unspecified atom stereocenters. The van der Waals surface area contributed by atoms with Crippen LogP contribution in [0.4, 0.5) is 0 Å². The molecule has 1 amide bonds. The molecule has 0 aliphatic carbocycles. The second kappa shape index (κ2) is 9.28. The molecule has 1 atom stereocenters. The molecule has 0 saturated heterocycles. The van der Waals surface area contributed by atoms with Crippen molar-refractivity contribution < 1.29 is 17.6 Å². The van der Waals surface area contributed by atoms with Gasteiger partial charge in [-0.2, -0.15) is 0 Å².